The highest BCUT2D eigenvalue weighted by Gasteiger charge is 2.39. The van der Waals surface area contributed by atoms with Crippen LogP contribution in [0.1, 0.15) is 18.9 Å². The van der Waals surface area contributed by atoms with E-state index in [2.05, 4.69) is 4.98 Å². The van der Waals surface area contributed by atoms with Gasteiger partial charge in [0.2, 0.25) is 11.5 Å². The summed E-state index contributed by atoms with van der Waals surface area (Å²) in [5.74, 6) is 0.110. The number of aromatic nitrogens is 1. The Bertz CT molecular complexity index is 345. The molecule has 1 aromatic rings. The second-order valence-electron chi connectivity index (χ2n) is 3.69. The molecule has 6 heteroatoms. The second-order valence-corrected chi connectivity index (χ2v) is 3.69. The molecule has 1 unspecified atom stereocenters. The first-order valence-electron chi connectivity index (χ1n) is 5.26. The minimum atomic E-state index is -3.07. The van der Waals surface area contributed by atoms with Crippen LogP contribution in [-0.4, -0.2) is 23.7 Å². The molecular weight excluding hydrogens is 233 g/mol. The van der Waals surface area contributed by atoms with E-state index >= 15 is 0 Å². The van der Waals surface area contributed by atoms with Crippen LogP contribution >= 0.6 is 0 Å². The highest BCUT2D eigenvalue weighted by Crippen LogP contribution is 2.25. The molecule has 0 bridgehead atoms. The molecular formula is C11H15F3N2O. The fourth-order valence-electron chi connectivity index (χ4n) is 1.13. The smallest absolute Gasteiger partial charge is 0.275 e. The Kier molecular flexibility index (Phi) is 4.74. The van der Waals surface area contributed by atoms with Crippen molar-refractivity contribution < 1.29 is 17.9 Å². The zero-order valence-corrected chi connectivity index (χ0v) is 9.50. The van der Waals surface area contributed by atoms with Crippen LogP contribution in [0.3, 0.4) is 0 Å². The number of halogens is 3. The maximum absolute atomic E-state index is 13.6. The van der Waals surface area contributed by atoms with Crippen molar-refractivity contribution in [2.24, 2.45) is 5.73 Å². The molecule has 17 heavy (non-hydrogen) atoms. The molecule has 0 fully saturated rings. The molecule has 0 aliphatic heterocycles. The van der Waals surface area contributed by atoms with Gasteiger partial charge in [-0.15, -0.1) is 0 Å². The normalized spacial score (nSPS) is 14.7. The summed E-state index contributed by atoms with van der Waals surface area (Å²) in [6, 6.07) is 3.13. The summed E-state index contributed by atoms with van der Waals surface area (Å²) in [6.07, 6.45) is -1.93. The largest absolute Gasteiger partial charge is 0.474 e. The fourth-order valence-corrected chi connectivity index (χ4v) is 1.13. The van der Waals surface area contributed by atoms with E-state index in [9.17, 15) is 13.2 Å². The molecule has 0 radical (unpaired) electrons. The Morgan fingerprint density at radius 3 is 2.59 bits per heavy atom. The highest BCUT2D eigenvalue weighted by atomic mass is 19.3. The van der Waals surface area contributed by atoms with Crippen LogP contribution in [0, 0.1) is 0 Å². The van der Waals surface area contributed by atoms with E-state index in [1.54, 1.807) is 6.07 Å². The number of rotatable bonds is 6. The van der Waals surface area contributed by atoms with Gasteiger partial charge in [-0.05, 0) is 12.0 Å². The van der Waals surface area contributed by atoms with Gasteiger partial charge in [-0.25, -0.2) is 18.2 Å². The van der Waals surface area contributed by atoms with Crippen molar-refractivity contribution in [3.63, 3.8) is 0 Å². The van der Waals surface area contributed by atoms with Crippen LogP contribution in [0.4, 0.5) is 13.2 Å². The number of hydrogen-bond acceptors (Lipinski definition) is 3. The minimum Gasteiger partial charge on any atom is -0.474 e. The average Bonchev–Trinajstić information content (AvgIpc) is 2.36. The lowest BCUT2D eigenvalue weighted by molar-refractivity contribution is -0.0635. The number of ether oxygens (including phenoxy) is 1. The number of pyridine rings is 1. The third-order valence-electron chi connectivity index (χ3n) is 2.47. The Labute approximate surface area is 97.8 Å². The van der Waals surface area contributed by atoms with Crippen molar-refractivity contribution in [1.29, 1.82) is 0 Å². The van der Waals surface area contributed by atoms with E-state index in [1.165, 1.54) is 19.2 Å². The number of hydrogen-bond donors (Lipinski definition) is 1. The molecule has 1 atom stereocenters. The van der Waals surface area contributed by atoms with Crippen LogP contribution in [0.25, 0.3) is 0 Å². The summed E-state index contributed by atoms with van der Waals surface area (Å²) in [6.45, 7) is 0.961. The van der Waals surface area contributed by atoms with Crippen LogP contribution < -0.4 is 10.5 Å². The average molecular weight is 248 g/mol. The topological polar surface area (TPSA) is 48.1 Å². The zero-order chi connectivity index (χ0) is 12.9. The predicted octanol–water partition coefficient (Wildman–Crippen LogP) is 2.30. The summed E-state index contributed by atoms with van der Waals surface area (Å²) in [5, 5.41) is 0. The maximum Gasteiger partial charge on any atom is 0.275 e. The molecule has 0 spiro atoms. The van der Waals surface area contributed by atoms with E-state index in [0.717, 1.165) is 5.56 Å². The first-order valence-corrected chi connectivity index (χ1v) is 5.26. The van der Waals surface area contributed by atoms with Gasteiger partial charge < -0.3 is 10.5 Å². The fraction of sp³-hybridized carbons (Fsp3) is 0.545. The van der Waals surface area contributed by atoms with Gasteiger partial charge in [0.05, 0.1) is 0 Å². The molecule has 1 aromatic heterocycles. The predicted molar refractivity (Wildman–Crippen MR) is 57.8 cm³/mol. The van der Waals surface area contributed by atoms with E-state index < -0.39 is 18.7 Å². The SMILES string of the molecule is CCC(F)(COc1ccc(CN)cn1)C(F)F. The van der Waals surface area contributed by atoms with Crippen molar-refractivity contribution in [2.75, 3.05) is 6.61 Å². The number of alkyl halides is 3. The number of nitrogens with two attached hydrogens (primary N) is 1. The van der Waals surface area contributed by atoms with Gasteiger partial charge in [-0.1, -0.05) is 13.0 Å². The van der Waals surface area contributed by atoms with Gasteiger partial charge in [0, 0.05) is 18.8 Å². The molecule has 1 heterocycles. The Morgan fingerprint density at radius 1 is 1.47 bits per heavy atom. The molecule has 0 aromatic carbocycles. The molecule has 3 nitrogen and oxygen atoms in total. The van der Waals surface area contributed by atoms with Gasteiger partial charge in [-0.3, -0.25) is 0 Å². The second kappa shape index (κ2) is 5.86. The summed E-state index contributed by atoms with van der Waals surface area (Å²) in [5.41, 5.74) is 3.52. The van der Waals surface area contributed by atoms with Crippen LogP contribution in [0.15, 0.2) is 18.3 Å². The third kappa shape index (κ3) is 3.59. The molecule has 0 aliphatic rings. The summed E-state index contributed by atoms with van der Waals surface area (Å²) in [4.78, 5) is 3.83. The van der Waals surface area contributed by atoms with Gasteiger partial charge >= 0.3 is 0 Å². The Balaban J connectivity index is 2.59. The zero-order valence-electron chi connectivity index (χ0n) is 9.50. The van der Waals surface area contributed by atoms with E-state index in [4.69, 9.17) is 10.5 Å². The van der Waals surface area contributed by atoms with Gasteiger partial charge in [0.25, 0.3) is 6.43 Å². The molecule has 96 valence electrons. The van der Waals surface area contributed by atoms with Crippen LogP contribution in [-0.2, 0) is 6.54 Å². The van der Waals surface area contributed by atoms with Crippen LogP contribution in [0.5, 0.6) is 5.88 Å². The van der Waals surface area contributed by atoms with Gasteiger partial charge in [0.15, 0.2) is 0 Å². The highest BCUT2D eigenvalue weighted by molar-refractivity contribution is 5.17. The first kappa shape index (κ1) is 13.8. The molecule has 0 saturated carbocycles. The first-order chi connectivity index (χ1) is 8.01. The van der Waals surface area contributed by atoms with Crippen molar-refractivity contribution in [3.8, 4) is 5.88 Å². The lowest BCUT2D eigenvalue weighted by Crippen LogP contribution is -2.38. The van der Waals surface area contributed by atoms with Crippen LogP contribution in [0.2, 0.25) is 0 Å². The lowest BCUT2D eigenvalue weighted by Gasteiger charge is -2.22. The summed E-state index contributed by atoms with van der Waals surface area (Å²) < 4.78 is 43.3. The molecule has 0 amide bonds. The van der Waals surface area contributed by atoms with Gasteiger partial charge in [-0.2, -0.15) is 0 Å². The quantitative estimate of drug-likeness (QED) is 0.840. The standard InChI is InChI=1S/C11H15F3N2O/c1-2-11(14,10(12)13)7-17-9-4-3-8(5-15)6-16-9/h3-4,6,10H,2,5,7,15H2,1H3. The molecule has 0 aliphatic carbocycles. The minimum absolute atomic E-state index is 0.110. The Hall–Kier alpha value is -1.30. The van der Waals surface area contributed by atoms with Crippen molar-refractivity contribution >= 4 is 0 Å². The molecule has 2 N–H and O–H groups in total. The molecule has 1 rings (SSSR count). The van der Waals surface area contributed by atoms with E-state index in [0.29, 0.717) is 6.54 Å². The van der Waals surface area contributed by atoms with Crippen molar-refractivity contribution in [1.82, 2.24) is 4.98 Å². The Morgan fingerprint density at radius 2 is 2.18 bits per heavy atom. The van der Waals surface area contributed by atoms with E-state index in [1.807, 2.05) is 0 Å². The van der Waals surface area contributed by atoms with Crippen molar-refractivity contribution in [3.05, 3.63) is 23.9 Å². The van der Waals surface area contributed by atoms with Gasteiger partial charge in [0.1, 0.15) is 6.61 Å². The molecule has 0 saturated heterocycles. The van der Waals surface area contributed by atoms with Crippen molar-refractivity contribution in [2.45, 2.75) is 32.0 Å². The monoisotopic (exact) mass is 248 g/mol. The summed E-state index contributed by atoms with van der Waals surface area (Å²) in [7, 11) is 0. The summed E-state index contributed by atoms with van der Waals surface area (Å²) >= 11 is 0. The maximum atomic E-state index is 13.6. The van der Waals surface area contributed by atoms with E-state index in [-0.39, 0.29) is 12.3 Å². The lowest BCUT2D eigenvalue weighted by atomic mass is 10.1. The number of nitrogens with zero attached hydrogens (tertiary/aromatic N) is 1. The third-order valence-corrected chi connectivity index (χ3v) is 2.47.